The quantitative estimate of drug-likeness (QED) is 0.655. The van der Waals surface area contributed by atoms with E-state index < -0.39 is 24.4 Å². The summed E-state index contributed by atoms with van der Waals surface area (Å²) in [5.74, 6) is -0.852. The molecule has 0 aliphatic heterocycles. The second-order valence-corrected chi connectivity index (χ2v) is 3.26. The van der Waals surface area contributed by atoms with Crippen molar-refractivity contribution in [2.75, 3.05) is 6.52 Å². The molecule has 0 amide bonds. The summed E-state index contributed by atoms with van der Waals surface area (Å²) in [7, 11) is 0. The van der Waals surface area contributed by atoms with Gasteiger partial charge in [-0.3, -0.25) is 4.79 Å². The predicted octanol–water partition coefficient (Wildman–Crippen LogP) is 1.24. The van der Waals surface area contributed by atoms with Crippen molar-refractivity contribution in [3.05, 3.63) is 0 Å². The summed E-state index contributed by atoms with van der Waals surface area (Å²) in [5.41, 5.74) is -0.559. The Labute approximate surface area is 73.6 Å². The number of carbonyl (C=O) groups is 1. The number of carboxylic acids is 1. The fourth-order valence-corrected chi connectivity index (χ4v) is 0.425. The van der Waals surface area contributed by atoms with Crippen LogP contribution in [0.5, 0.6) is 0 Å². The van der Waals surface area contributed by atoms with Crippen molar-refractivity contribution >= 4 is 5.97 Å². The highest BCUT2D eigenvalue weighted by molar-refractivity contribution is 5.66. The zero-order chi connectivity index (χ0) is 12.2. The first kappa shape index (κ1) is 5.14. The summed E-state index contributed by atoms with van der Waals surface area (Å²) in [4.78, 5) is 10.7. The molecule has 0 saturated heterocycles. The smallest absolute Gasteiger partial charge is 0.303 e. The third kappa shape index (κ3) is 9.43. The van der Waals surface area contributed by atoms with Crippen LogP contribution in [0, 0.1) is 0 Å². The molecule has 2 unspecified atom stereocenters. The van der Waals surface area contributed by atoms with E-state index in [1.807, 2.05) is 0 Å². The number of carboxylic acid groups (broad SMARTS) is 1. The Kier molecular flexibility index (Phi) is 2.03. The maximum Gasteiger partial charge on any atom is 0.303 e. The van der Waals surface area contributed by atoms with Crippen molar-refractivity contribution in [3.8, 4) is 0 Å². The monoisotopic (exact) mass is 163 g/mol. The van der Waals surface area contributed by atoms with Gasteiger partial charge in [0.2, 0.25) is 0 Å². The zero-order valence-corrected chi connectivity index (χ0v) is 7.13. The Bertz CT molecular complexity index is 219. The standard InChI is InChI=1S/C8H17NO2/c1-8(2,3)9-6-4-5-7(10)11/h9H,4-6H2,1-3H3,(H,10,11)/i4D,6D/hD2. The molecular formula is C8H17NO2. The summed E-state index contributed by atoms with van der Waals surface area (Å²) < 4.78 is 29.0. The van der Waals surface area contributed by atoms with Gasteiger partial charge in [0.15, 0.2) is 0 Å². The van der Waals surface area contributed by atoms with Crippen LogP contribution in [0.25, 0.3) is 1.43 Å². The van der Waals surface area contributed by atoms with Gasteiger partial charge < -0.3 is 10.4 Å². The maximum atomic E-state index is 10.7. The lowest BCUT2D eigenvalue weighted by molar-refractivity contribution is -0.137. The van der Waals surface area contributed by atoms with Gasteiger partial charge in [0.1, 0.15) is 1.41 Å². The number of rotatable bonds is 4. The van der Waals surface area contributed by atoms with Crippen molar-refractivity contribution in [1.29, 1.82) is 1.43 Å². The van der Waals surface area contributed by atoms with Crippen LogP contribution in [0.15, 0.2) is 0 Å². The van der Waals surface area contributed by atoms with Crippen LogP contribution >= 0.6 is 0 Å². The molecule has 11 heavy (non-hydrogen) atoms. The molecule has 0 aromatic heterocycles. The highest BCUT2D eigenvalue weighted by atomic mass is 16.4. The van der Waals surface area contributed by atoms with E-state index >= 15 is 0 Å². The second kappa shape index (κ2) is 4.34. The molecule has 2 N–H and O–H groups in total. The van der Waals surface area contributed by atoms with E-state index in [1.165, 1.54) is 0 Å². The third-order valence-electron chi connectivity index (χ3n) is 0.852. The first-order valence-corrected chi connectivity index (χ1v) is 3.49. The maximum absolute atomic E-state index is 10.7. The minimum absolute atomic E-state index is 0.344. The molecule has 66 valence electrons. The number of aliphatic carboxylic acids is 1. The van der Waals surface area contributed by atoms with E-state index in [1.54, 1.807) is 20.8 Å². The molecule has 0 radical (unpaired) electrons. The van der Waals surface area contributed by atoms with E-state index in [0.29, 0.717) is 0 Å². The van der Waals surface area contributed by atoms with E-state index in [4.69, 9.17) is 5.58 Å². The molecule has 0 bridgehead atoms. The van der Waals surface area contributed by atoms with Gasteiger partial charge in [0, 0.05) is 14.7 Å². The normalized spacial score (nSPS) is 22.5. The molecule has 0 heterocycles. The number of hydrogen-bond acceptors (Lipinski definition) is 3. The average molecular weight is 163 g/mol. The molecule has 0 aliphatic rings. The van der Waals surface area contributed by atoms with E-state index in [9.17, 15) is 4.79 Å². The third-order valence-corrected chi connectivity index (χ3v) is 0.852. The SMILES string of the molecule is [2H]OC(=O)CC([2H])C([2H])N([2H])C(C)(C)C. The number of nitrogens with one attached hydrogen (secondary N) is 1. The lowest BCUT2D eigenvalue weighted by Crippen LogP contribution is -2.36. The molecule has 0 rings (SSSR count). The Morgan fingerprint density at radius 2 is 2.45 bits per heavy atom. The van der Waals surface area contributed by atoms with Crippen LogP contribution in [0.3, 0.4) is 0 Å². The summed E-state index contributed by atoms with van der Waals surface area (Å²) in [5, 5.41) is 4.62. The molecule has 2 atom stereocenters. The van der Waals surface area contributed by atoms with Crippen LogP contribution in [-0.4, -0.2) is 23.1 Å². The summed E-state index contributed by atoms with van der Waals surface area (Å²) in [6.07, 6.45) is -1.43. The molecule has 0 saturated carbocycles. The van der Waals surface area contributed by atoms with Crippen LogP contribution in [-0.2, 0) is 4.79 Å². The minimum Gasteiger partial charge on any atom is -0.481 e. The number of hydrogen-bond donors (Lipinski definition) is 2. The Hall–Kier alpha value is -0.570. The predicted molar refractivity (Wildman–Crippen MR) is 44.6 cm³/mol. The summed E-state index contributed by atoms with van der Waals surface area (Å²) in [6.45, 7) is 4.11. The van der Waals surface area contributed by atoms with Gasteiger partial charge in [-0.15, -0.1) is 0 Å². The van der Waals surface area contributed by atoms with Crippen molar-refractivity contribution in [1.82, 2.24) is 5.31 Å². The van der Waals surface area contributed by atoms with Crippen LogP contribution in [0.4, 0.5) is 0 Å². The largest absolute Gasteiger partial charge is 0.481 e. The van der Waals surface area contributed by atoms with Crippen molar-refractivity contribution in [2.24, 2.45) is 0 Å². The van der Waals surface area contributed by atoms with Gasteiger partial charge in [0.25, 0.3) is 1.43 Å². The molecule has 0 aromatic carbocycles. The summed E-state index contributed by atoms with van der Waals surface area (Å²) in [6, 6.07) is 0. The first-order chi connectivity index (χ1) is 6.70. The van der Waals surface area contributed by atoms with Crippen LogP contribution in [0.2, 0.25) is 1.41 Å². The van der Waals surface area contributed by atoms with Gasteiger partial charge in [-0.1, -0.05) is 0 Å². The first-order valence-electron chi connectivity index (χ1n) is 5.50. The summed E-state index contributed by atoms with van der Waals surface area (Å²) >= 11 is 0. The minimum atomic E-state index is -1.14. The fraction of sp³-hybridized carbons (Fsp3) is 0.875. The zero-order valence-electron chi connectivity index (χ0n) is 11.1. The lowest BCUT2D eigenvalue weighted by atomic mass is 10.1. The van der Waals surface area contributed by atoms with Gasteiger partial charge >= 0.3 is 5.97 Å². The average Bonchev–Trinajstić information content (AvgIpc) is 2.13. The molecular weight excluding hydrogens is 142 g/mol. The lowest BCUT2D eigenvalue weighted by Gasteiger charge is -2.19. The topological polar surface area (TPSA) is 49.3 Å². The fourth-order valence-electron chi connectivity index (χ4n) is 0.425. The van der Waals surface area contributed by atoms with Crippen LogP contribution in [0.1, 0.15) is 36.3 Å². The Balaban J connectivity index is 4.31. The van der Waals surface area contributed by atoms with Gasteiger partial charge in [0.05, 0.1) is 0 Å². The molecule has 0 fully saturated rings. The molecule has 0 aromatic rings. The van der Waals surface area contributed by atoms with Gasteiger partial charge in [-0.05, 0) is 33.7 Å². The molecule has 0 aliphatic carbocycles. The Morgan fingerprint density at radius 3 is 2.91 bits per heavy atom. The highest BCUT2D eigenvalue weighted by Crippen LogP contribution is 1.98. The Morgan fingerprint density at radius 1 is 1.82 bits per heavy atom. The molecule has 0 spiro atoms. The van der Waals surface area contributed by atoms with Gasteiger partial charge in [-0.2, -0.15) is 0 Å². The van der Waals surface area contributed by atoms with E-state index in [0.717, 1.165) is 5.31 Å². The molecule has 3 nitrogen and oxygen atoms in total. The van der Waals surface area contributed by atoms with E-state index in [2.05, 4.69) is 5.11 Å². The van der Waals surface area contributed by atoms with Crippen molar-refractivity contribution < 1.29 is 14.1 Å². The van der Waals surface area contributed by atoms with Crippen molar-refractivity contribution in [3.63, 3.8) is 0 Å². The highest BCUT2D eigenvalue weighted by Gasteiger charge is 2.07. The van der Waals surface area contributed by atoms with Crippen molar-refractivity contribution in [2.45, 2.75) is 39.1 Å². The second-order valence-electron chi connectivity index (χ2n) is 3.26. The van der Waals surface area contributed by atoms with E-state index in [-0.39, 0.29) is 6.42 Å². The molecule has 3 heteroatoms. The van der Waals surface area contributed by atoms with Crippen LogP contribution < -0.4 is 5.31 Å². The van der Waals surface area contributed by atoms with Gasteiger partial charge in [-0.25, -0.2) is 0 Å².